The molecule has 0 aliphatic heterocycles. The Kier molecular flexibility index (Phi) is 7.80. The number of unbranched alkanes of at least 4 members (excludes halogenated alkanes) is 7. The highest BCUT2D eigenvalue weighted by molar-refractivity contribution is 7.71. The van der Waals surface area contributed by atoms with E-state index in [1.165, 1.54) is 51.4 Å². The largest absolute Gasteiger partial charge is 0.369 e. The molecule has 0 saturated heterocycles. The van der Waals surface area contributed by atoms with Gasteiger partial charge in [0.05, 0.1) is 0 Å². The number of nitrogens with one attached hydrogen (secondary N) is 2. The maximum absolute atomic E-state index is 4.92. The molecule has 0 aromatic carbocycles. The number of anilines is 1. The van der Waals surface area contributed by atoms with E-state index in [2.05, 4.69) is 17.4 Å². The fourth-order valence-corrected chi connectivity index (χ4v) is 2.01. The molecule has 0 amide bonds. The fourth-order valence-electron chi connectivity index (χ4n) is 1.85. The second kappa shape index (κ2) is 9.28. The van der Waals surface area contributed by atoms with Gasteiger partial charge in [0.25, 0.3) is 0 Å². The zero-order valence-electron chi connectivity index (χ0n) is 10.8. The monoisotopic (exact) mass is 256 g/mol. The molecule has 0 fully saturated rings. The number of H-pyrrole nitrogens is 1. The second-order valence-corrected chi connectivity index (χ2v) is 4.89. The maximum atomic E-state index is 4.92. The SMILES string of the molecule is CCCCCCCCCCNc1cc(=S)o[nH]1. The van der Waals surface area contributed by atoms with Gasteiger partial charge in [-0.3, -0.25) is 0 Å². The predicted octanol–water partition coefficient (Wildman–Crippen LogP) is 4.89. The van der Waals surface area contributed by atoms with E-state index in [-0.39, 0.29) is 0 Å². The third kappa shape index (κ3) is 7.21. The van der Waals surface area contributed by atoms with Crippen LogP contribution in [-0.2, 0) is 0 Å². The number of rotatable bonds is 10. The first-order valence-electron chi connectivity index (χ1n) is 6.75. The number of hydrogen-bond donors (Lipinski definition) is 2. The molecule has 1 rings (SSSR count). The summed E-state index contributed by atoms with van der Waals surface area (Å²) in [6.45, 7) is 3.24. The van der Waals surface area contributed by atoms with E-state index in [0.29, 0.717) is 4.71 Å². The number of hydrogen-bond acceptors (Lipinski definition) is 3. The molecule has 0 spiro atoms. The summed E-state index contributed by atoms with van der Waals surface area (Å²) >= 11 is 4.87. The molecule has 2 N–H and O–H groups in total. The van der Waals surface area contributed by atoms with Gasteiger partial charge in [0.1, 0.15) is 5.82 Å². The van der Waals surface area contributed by atoms with E-state index < -0.39 is 0 Å². The molecule has 3 nitrogen and oxygen atoms in total. The van der Waals surface area contributed by atoms with E-state index in [1.807, 2.05) is 0 Å². The normalized spacial score (nSPS) is 10.6. The Bertz CT molecular complexity index is 332. The van der Waals surface area contributed by atoms with Crippen molar-refractivity contribution in [2.45, 2.75) is 58.3 Å². The van der Waals surface area contributed by atoms with Gasteiger partial charge in [-0.05, 0) is 18.6 Å². The van der Waals surface area contributed by atoms with Gasteiger partial charge in [0, 0.05) is 12.6 Å². The van der Waals surface area contributed by atoms with Crippen LogP contribution in [0.4, 0.5) is 5.82 Å². The third-order valence-electron chi connectivity index (χ3n) is 2.87. The first-order chi connectivity index (χ1) is 8.33. The molecular formula is C13H24N2OS. The predicted molar refractivity (Wildman–Crippen MR) is 75.0 cm³/mol. The van der Waals surface area contributed by atoms with E-state index in [9.17, 15) is 0 Å². The van der Waals surface area contributed by atoms with E-state index >= 15 is 0 Å². The summed E-state index contributed by atoms with van der Waals surface area (Å²) in [6, 6.07) is 1.81. The van der Waals surface area contributed by atoms with Crippen LogP contribution >= 0.6 is 12.2 Å². The van der Waals surface area contributed by atoms with Crippen molar-refractivity contribution >= 4 is 18.0 Å². The molecule has 0 saturated carbocycles. The van der Waals surface area contributed by atoms with Gasteiger partial charge in [-0.2, -0.15) is 0 Å². The minimum atomic E-state index is 0.503. The van der Waals surface area contributed by atoms with Crippen molar-refractivity contribution in [3.8, 4) is 0 Å². The molecule has 0 aliphatic rings. The van der Waals surface area contributed by atoms with Crippen LogP contribution in [0, 0.1) is 4.71 Å². The summed E-state index contributed by atoms with van der Waals surface area (Å²) in [6.07, 6.45) is 10.8. The van der Waals surface area contributed by atoms with Crippen molar-refractivity contribution in [2.75, 3.05) is 11.9 Å². The number of aromatic nitrogens is 1. The Morgan fingerprint density at radius 2 is 1.76 bits per heavy atom. The summed E-state index contributed by atoms with van der Waals surface area (Å²) in [5.41, 5.74) is 0. The molecule has 98 valence electrons. The molecule has 0 unspecified atom stereocenters. The van der Waals surface area contributed by atoms with E-state index in [4.69, 9.17) is 16.7 Å². The molecule has 0 atom stereocenters. The maximum Gasteiger partial charge on any atom is 0.222 e. The highest BCUT2D eigenvalue weighted by Gasteiger charge is 1.95. The van der Waals surface area contributed by atoms with Crippen LogP contribution in [-0.4, -0.2) is 11.7 Å². The highest BCUT2D eigenvalue weighted by Crippen LogP contribution is 2.09. The summed E-state index contributed by atoms with van der Waals surface area (Å²) < 4.78 is 5.43. The van der Waals surface area contributed by atoms with Crippen LogP contribution in [0.25, 0.3) is 0 Å². The minimum Gasteiger partial charge on any atom is -0.369 e. The molecule has 0 radical (unpaired) electrons. The zero-order chi connectivity index (χ0) is 12.3. The van der Waals surface area contributed by atoms with Crippen molar-refractivity contribution in [1.82, 2.24) is 5.16 Å². The van der Waals surface area contributed by atoms with E-state index in [1.54, 1.807) is 6.07 Å². The second-order valence-electron chi connectivity index (χ2n) is 4.48. The Labute approximate surface area is 109 Å². The standard InChI is InChI=1S/C13H24N2OS/c1-2-3-4-5-6-7-8-9-10-14-12-11-13(17)16-15-12/h11,14-15H,2-10H2,1H3. The Morgan fingerprint density at radius 3 is 2.35 bits per heavy atom. The van der Waals surface area contributed by atoms with Crippen molar-refractivity contribution in [3.63, 3.8) is 0 Å². The van der Waals surface area contributed by atoms with Crippen molar-refractivity contribution in [3.05, 3.63) is 10.8 Å². The first kappa shape index (κ1) is 14.3. The average molecular weight is 256 g/mol. The molecule has 17 heavy (non-hydrogen) atoms. The third-order valence-corrected chi connectivity index (χ3v) is 3.07. The van der Waals surface area contributed by atoms with Crippen molar-refractivity contribution in [1.29, 1.82) is 0 Å². The van der Waals surface area contributed by atoms with Gasteiger partial charge in [0.2, 0.25) is 4.71 Å². The average Bonchev–Trinajstić information content (AvgIpc) is 2.73. The molecule has 1 heterocycles. The molecule has 0 aliphatic carbocycles. The topological polar surface area (TPSA) is 41.0 Å². The fraction of sp³-hybridized carbons (Fsp3) is 0.769. The highest BCUT2D eigenvalue weighted by atomic mass is 32.1. The Balaban J connectivity index is 1.86. The Morgan fingerprint density at radius 1 is 1.12 bits per heavy atom. The lowest BCUT2D eigenvalue weighted by molar-refractivity contribution is 0.410. The van der Waals surface area contributed by atoms with Crippen LogP contribution in [0.2, 0.25) is 0 Å². The smallest absolute Gasteiger partial charge is 0.222 e. The molecule has 1 aromatic heterocycles. The Hall–Kier alpha value is -0.770. The van der Waals surface area contributed by atoms with Crippen LogP contribution < -0.4 is 5.32 Å². The van der Waals surface area contributed by atoms with Crippen LogP contribution in [0.3, 0.4) is 0 Å². The zero-order valence-corrected chi connectivity index (χ0v) is 11.6. The lowest BCUT2D eigenvalue weighted by Gasteiger charge is -2.03. The lowest BCUT2D eigenvalue weighted by atomic mass is 10.1. The van der Waals surface area contributed by atoms with Crippen molar-refractivity contribution in [2.24, 2.45) is 0 Å². The van der Waals surface area contributed by atoms with Crippen LogP contribution in [0.5, 0.6) is 0 Å². The summed E-state index contributed by atoms with van der Waals surface area (Å²) in [5.74, 6) is 0.887. The van der Waals surface area contributed by atoms with Crippen LogP contribution in [0.1, 0.15) is 58.3 Å². The van der Waals surface area contributed by atoms with Gasteiger partial charge in [-0.15, -0.1) is 0 Å². The molecular weight excluding hydrogens is 232 g/mol. The van der Waals surface area contributed by atoms with E-state index in [0.717, 1.165) is 12.4 Å². The molecule has 4 heteroatoms. The first-order valence-corrected chi connectivity index (χ1v) is 7.16. The lowest BCUT2D eigenvalue weighted by Crippen LogP contribution is -2.01. The van der Waals surface area contributed by atoms with Gasteiger partial charge in [-0.25, -0.2) is 5.16 Å². The van der Waals surface area contributed by atoms with Gasteiger partial charge in [-0.1, -0.05) is 51.9 Å². The number of aromatic amines is 1. The quantitative estimate of drug-likeness (QED) is 0.462. The van der Waals surface area contributed by atoms with Gasteiger partial charge in [0.15, 0.2) is 0 Å². The summed E-state index contributed by atoms with van der Waals surface area (Å²) in [4.78, 5) is 0. The molecule has 1 aromatic rings. The summed E-state index contributed by atoms with van der Waals surface area (Å²) in [7, 11) is 0. The van der Waals surface area contributed by atoms with Crippen LogP contribution in [0.15, 0.2) is 10.6 Å². The molecule has 0 bridgehead atoms. The van der Waals surface area contributed by atoms with Gasteiger partial charge >= 0.3 is 0 Å². The summed E-state index contributed by atoms with van der Waals surface area (Å²) in [5, 5.41) is 6.00. The van der Waals surface area contributed by atoms with Gasteiger partial charge < -0.3 is 9.84 Å². The minimum absolute atomic E-state index is 0.503. The van der Waals surface area contributed by atoms with Crippen molar-refractivity contribution < 1.29 is 4.52 Å².